The van der Waals surface area contributed by atoms with Crippen LogP contribution >= 0.6 is 0 Å². The maximum Gasteiger partial charge on any atom is 0.336 e. The molecule has 96 valence electrons. The maximum absolute atomic E-state index is 11.8. The van der Waals surface area contributed by atoms with Crippen molar-refractivity contribution in [3.63, 3.8) is 0 Å². The zero-order valence-corrected chi connectivity index (χ0v) is 10.3. The van der Waals surface area contributed by atoms with E-state index in [2.05, 4.69) is 4.98 Å². The van der Waals surface area contributed by atoms with Crippen molar-refractivity contribution < 1.29 is 14.7 Å². The molecule has 1 aromatic heterocycles. The van der Waals surface area contributed by atoms with Gasteiger partial charge in [-0.25, -0.2) is 4.79 Å². The van der Waals surface area contributed by atoms with Gasteiger partial charge in [0.15, 0.2) is 0 Å². The van der Waals surface area contributed by atoms with E-state index in [-0.39, 0.29) is 11.5 Å². The highest BCUT2D eigenvalue weighted by Crippen LogP contribution is 2.21. The minimum absolute atomic E-state index is 0.0864. The van der Waals surface area contributed by atoms with Crippen LogP contribution < -0.4 is 0 Å². The number of carboxylic acid groups (broad SMARTS) is 1. The summed E-state index contributed by atoms with van der Waals surface area (Å²) in [5.41, 5.74) is 1.74. The van der Waals surface area contributed by atoms with Crippen LogP contribution in [0.4, 0.5) is 0 Å². The summed E-state index contributed by atoms with van der Waals surface area (Å²) in [5.74, 6) is -0.873. The molecule has 1 amide bonds. The number of carboxylic acids is 1. The molecule has 1 N–H and O–H groups in total. The average Bonchev–Trinajstić information content (AvgIpc) is 2.37. The third-order valence-electron chi connectivity index (χ3n) is 3.16. The molecule has 0 aromatic carbocycles. The number of hydrogen-bond donors (Lipinski definition) is 1. The van der Waals surface area contributed by atoms with Crippen molar-refractivity contribution >= 4 is 11.9 Å². The van der Waals surface area contributed by atoms with E-state index in [9.17, 15) is 9.59 Å². The first-order valence-electron chi connectivity index (χ1n) is 6.11. The number of pyridine rings is 1. The SMILES string of the molecule is CCCC(=O)N1CCc2nccc(C(=O)O)c2C1. The molecule has 5 heteroatoms. The molecule has 0 fully saturated rings. The number of carbonyl (C=O) groups excluding carboxylic acids is 1. The van der Waals surface area contributed by atoms with Gasteiger partial charge in [0, 0.05) is 43.4 Å². The molecule has 0 aliphatic carbocycles. The van der Waals surface area contributed by atoms with Gasteiger partial charge in [-0.05, 0) is 12.5 Å². The number of rotatable bonds is 3. The van der Waals surface area contributed by atoms with Crippen LogP contribution in [0.2, 0.25) is 0 Å². The predicted molar refractivity (Wildman–Crippen MR) is 65.2 cm³/mol. The molecule has 0 atom stereocenters. The van der Waals surface area contributed by atoms with E-state index in [4.69, 9.17) is 5.11 Å². The molecule has 0 saturated heterocycles. The van der Waals surface area contributed by atoms with Crippen LogP contribution in [0.25, 0.3) is 0 Å². The first-order valence-corrected chi connectivity index (χ1v) is 6.11. The van der Waals surface area contributed by atoms with Gasteiger partial charge in [0.25, 0.3) is 0 Å². The van der Waals surface area contributed by atoms with Gasteiger partial charge in [-0.2, -0.15) is 0 Å². The summed E-state index contributed by atoms with van der Waals surface area (Å²) in [4.78, 5) is 28.9. The molecule has 1 aromatic rings. The molecule has 2 heterocycles. The Bertz CT molecular complexity index is 485. The quantitative estimate of drug-likeness (QED) is 0.879. The standard InChI is InChI=1S/C13H16N2O3/c1-2-3-12(16)15-7-5-11-10(8-15)9(13(17)18)4-6-14-11/h4,6H,2-3,5,7-8H2,1H3,(H,17,18). The van der Waals surface area contributed by atoms with E-state index in [0.717, 1.165) is 12.1 Å². The Morgan fingerprint density at radius 1 is 1.50 bits per heavy atom. The Kier molecular flexibility index (Phi) is 3.60. The summed E-state index contributed by atoms with van der Waals surface area (Å²) in [6, 6.07) is 1.50. The minimum atomic E-state index is -0.960. The van der Waals surface area contributed by atoms with Crippen molar-refractivity contribution in [3.8, 4) is 0 Å². The Morgan fingerprint density at radius 2 is 2.28 bits per heavy atom. The largest absolute Gasteiger partial charge is 0.478 e. The molecule has 2 rings (SSSR count). The molecule has 1 aliphatic heterocycles. The highest BCUT2D eigenvalue weighted by molar-refractivity contribution is 5.90. The molecule has 18 heavy (non-hydrogen) atoms. The van der Waals surface area contributed by atoms with Crippen molar-refractivity contribution in [2.45, 2.75) is 32.7 Å². The van der Waals surface area contributed by atoms with Crippen LogP contribution in [0.3, 0.4) is 0 Å². The first-order chi connectivity index (χ1) is 8.63. The molecule has 5 nitrogen and oxygen atoms in total. The average molecular weight is 248 g/mol. The second kappa shape index (κ2) is 5.16. The molecule has 0 unspecified atom stereocenters. The second-order valence-electron chi connectivity index (χ2n) is 4.40. The Labute approximate surface area is 105 Å². The number of hydrogen-bond acceptors (Lipinski definition) is 3. The molecular formula is C13H16N2O3. The van der Waals surface area contributed by atoms with Gasteiger partial charge in [0.05, 0.1) is 5.56 Å². The van der Waals surface area contributed by atoms with Crippen molar-refractivity contribution in [3.05, 3.63) is 29.1 Å². The smallest absolute Gasteiger partial charge is 0.336 e. The fourth-order valence-electron chi connectivity index (χ4n) is 2.22. The van der Waals surface area contributed by atoms with Crippen LogP contribution in [-0.4, -0.2) is 33.4 Å². The van der Waals surface area contributed by atoms with Crippen LogP contribution in [0.5, 0.6) is 0 Å². The molecule has 0 radical (unpaired) electrons. The number of aromatic nitrogens is 1. The van der Waals surface area contributed by atoms with Crippen LogP contribution in [0.1, 0.15) is 41.4 Å². The number of aromatic carboxylic acids is 1. The lowest BCUT2D eigenvalue weighted by molar-refractivity contribution is -0.132. The van der Waals surface area contributed by atoms with Crippen molar-refractivity contribution in [2.75, 3.05) is 6.54 Å². The van der Waals surface area contributed by atoms with Crippen molar-refractivity contribution in [1.82, 2.24) is 9.88 Å². The fraction of sp³-hybridized carbons (Fsp3) is 0.462. The van der Waals surface area contributed by atoms with E-state index < -0.39 is 5.97 Å². The van der Waals surface area contributed by atoms with E-state index >= 15 is 0 Å². The molecule has 1 aliphatic rings. The predicted octanol–water partition coefficient (Wildman–Crippen LogP) is 1.46. The topological polar surface area (TPSA) is 70.5 Å². The summed E-state index contributed by atoms with van der Waals surface area (Å²) in [6.07, 6.45) is 3.47. The number of amides is 1. The lowest BCUT2D eigenvalue weighted by Gasteiger charge is -2.29. The summed E-state index contributed by atoms with van der Waals surface area (Å²) >= 11 is 0. The van der Waals surface area contributed by atoms with Crippen LogP contribution in [-0.2, 0) is 17.8 Å². The molecule has 0 saturated carbocycles. The van der Waals surface area contributed by atoms with Gasteiger partial charge in [-0.3, -0.25) is 9.78 Å². The fourth-order valence-corrected chi connectivity index (χ4v) is 2.22. The lowest BCUT2D eigenvalue weighted by Crippen LogP contribution is -2.37. The third-order valence-corrected chi connectivity index (χ3v) is 3.16. The van der Waals surface area contributed by atoms with Gasteiger partial charge in [0.1, 0.15) is 0 Å². The monoisotopic (exact) mass is 248 g/mol. The minimum Gasteiger partial charge on any atom is -0.478 e. The van der Waals surface area contributed by atoms with Gasteiger partial charge in [-0.15, -0.1) is 0 Å². The second-order valence-corrected chi connectivity index (χ2v) is 4.40. The maximum atomic E-state index is 11.8. The zero-order chi connectivity index (χ0) is 13.1. The molecule has 0 spiro atoms. The summed E-state index contributed by atoms with van der Waals surface area (Å²) in [6.45, 7) is 2.95. The lowest BCUT2D eigenvalue weighted by atomic mass is 10.00. The van der Waals surface area contributed by atoms with Gasteiger partial charge in [-0.1, -0.05) is 6.92 Å². The summed E-state index contributed by atoms with van der Waals surface area (Å²) in [7, 11) is 0. The third kappa shape index (κ3) is 2.34. The van der Waals surface area contributed by atoms with Crippen molar-refractivity contribution in [2.24, 2.45) is 0 Å². The van der Waals surface area contributed by atoms with E-state index in [1.165, 1.54) is 12.3 Å². The molecular weight excluding hydrogens is 232 g/mol. The Morgan fingerprint density at radius 3 is 2.94 bits per heavy atom. The highest BCUT2D eigenvalue weighted by atomic mass is 16.4. The summed E-state index contributed by atoms with van der Waals surface area (Å²) < 4.78 is 0. The Balaban J connectivity index is 2.27. The molecule has 0 bridgehead atoms. The highest BCUT2D eigenvalue weighted by Gasteiger charge is 2.24. The summed E-state index contributed by atoms with van der Waals surface area (Å²) in [5, 5.41) is 9.14. The normalized spacial score (nSPS) is 14.2. The van der Waals surface area contributed by atoms with Crippen LogP contribution in [0.15, 0.2) is 12.3 Å². The van der Waals surface area contributed by atoms with Crippen molar-refractivity contribution in [1.29, 1.82) is 0 Å². The van der Waals surface area contributed by atoms with Gasteiger partial charge < -0.3 is 10.0 Å². The van der Waals surface area contributed by atoms with E-state index in [1.54, 1.807) is 4.90 Å². The Hall–Kier alpha value is -1.91. The van der Waals surface area contributed by atoms with Crippen LogP contribution in [0, 0.1) is 0 Å². The number of carbonyl (C=O) groups is 2. The zero-order valence-electron chi connectivity index (χ0n) is 10.3. The van der Waals surface area contributed by atoms with E-state index in [0.29, 0.717) is 31.5 Å². The first kappa shape index (κ1) is 12.5. The number of nitrogens with zero attached hydrogens (tertiary/aromatic N) is 2. The number of fused-ring (bicyclic) bond motifs is 1. The van der Waals surface area contributed by atoms with E-state index in [1.807, 2.05) is 6.92 Å². The van der Waals surface area contributed by atoms with Gasteiger partial charge in [0.2, 0.25) is 5.91 Å². The van der Waals surface area contributed by atoms with Gasteiger partial charge >= 0.3 is 5.97 Å².